The molecular weight excluding hydrogens is 352 g/mol. The highest BCUT2D eigenvalue weighted by atomic mass is 79.9. The van der Waals surface area contributed by atoms with Gasteiger partial charge >= 0.3 is 0 Å². The van der Waals surface area contributed by atoms with Gasteiger partial charge in [0.05, 0.1) is 20.6 Å². The zero-order valence-electron chi connectivity index (χ0n) is 11.7. The van der Waals surface area contributed by atoms with Gasteiger partial charge in [0, 0.05) is 6.07 Å². The lowest BCUT2D eigenvalue weighted by molar-refractivity contribution is -0.385. The summed E-state index contributed by atoms with van der Waals surface area (Å²) in [7, 11) is 0. The van der Waals surface area contributed by atoms with Crippen LogP contribution in [0.1, 0.15) is 5.56 Å². The Morgan fingerprint density at radius 3 is 2.68 bits per heavy atom. The number of hydrogen-bond donors (Lipinski definition) is 1. The first-order valence-electron chi connectivity index (χ1n) is 6.40. The third-order valence-corrected chi connectivity index (χ3v) is 3.63. The van der Waals surface area contributed by atoms with Crippen molar-refractivity contribution >= 4 is 33.2 Å². The summed E-state index contributed by atoms with van der Waals surface area (Å²) in [5, 5.41) is 13.5. The van der Waals surface area contributed by atoms with Gasteiger partial charge in [-0.1, -0.05) is 18.2 Å². The number of amides is 1. The number of nitrogens with zero attached hydrogens (tertiary/aromatic N) is 1. The summed E-state index contributed by atoms with van der Waals surface area (Å²) in [4.78, 5) is 22.3. The van der Waals surface area contributed by atoms with E-state index in [0.29, 0.717) is 17.0 Å². The van der Waals surface area contributed by atoms with Crippen molar-refractivity contribution in [2.75, 3.05) is 11.9 Å². The van der Waals surface area contributed by atoms with Crippen molar-refractivity contribution in [3.8, 4) is 5.75 Å². The molecule has 0 aromatic heterocycles. The minimum atomic E-state index is -0.484. The molecule has 1 N–H and O–H groups in total. The molecule has 0 atom stereocenters. The highest BCUT2D eigenvalue weighted by Crippen LogP contribution is 2.26. The van der Waals surface area contributed by atoms with Gasteiger partial charge < -0.3 is 10.1 Å². The van der Waals surface area contributed by atoms with Gasteiger partial charge in [0.25, 0.3) is 11.6 Å². The molecule has 0 aliphatic rings. The number of benzene rings is 2. The Bertz CT molecular complexity index is 718. The molecule has 0 saturated heterocycles. The van der Waals surface area contributed by atoms with Gasteiger partial charge in [-0.2, -0.15) is 0 Å². The molecule has 0 fully saturated rings. The van der Waals surface area contributed by atoms with E-state index in [1.54, 1.807) is 31.2 Å². The van der Waals surface area contributed by atoms with Crippen LogP contribution in [0, 0.1) is 17.0 Å². The van der Waals surface area contributed by atoms with Gasteiger partial charge in [-0.3, -0.25) is 14.9 Å². The monoisotopic (exact) mass is 364 g/mol. The van der Waals surface area contributed by atoms with Crippen molar-refractivity contribution in [3.05, 3.63) is 62.6 Å². The van der Waals surface area contributed by atoms with Crippen molar-refractivity contribution in [1.82, 2.24) is 0 Å². The van der Waals surface area contributed by atoms with E-state index in [1.807, 2.05) is 6.07 Å². The SMILES string of the molecule is Cc1c(NC(=O)COc2ccccc2Br)cccc1[N+](=O)[O-]. The Morgan fingerprint density at radius 2 is 2.00 bits per heavy atom. The predicted molar refractivity (Wildman–Crippen MR) is 86.1 cm³/mol. The van der Waals surface area contributed by atoms with Crippen molar-refractivity contribution in [2.45, 2.75) is 6.92 Å². The fourth-order valence-corrected chi connectivity index (χ4v) is 2.25. The second-order valence-corrected chi connectivity index (χ2v) is 5.33. The highest BCUT2D eigenvalue weighted by Gasteiger charge is 2.15. The first kappa shape index (κ1) is 16.0. The summed E-state index contributed by atoms with van der Waals surface area (Å²) in [5.74, 6) is 0.160. The number of ether oxygens (including phenoxy) is 1. The Morgan fingerprint density at radius 1 is 1.27 bits per heavy atom. The third-order valence-electron chi connectivity index (χ3n) is 2.97. The number of carbonyl (C=O) groups is 1. The van der Waals surface area contributed by atoms with E-state index in [0.717, 1.165) is 4.47 Å². The standard InChI is InChI=1S/C15H13BrN2O4/c1-10-12(6-4-7-13(10)18(20)21)17-15(19)9-22-14-8-3-2-5-11(14)16/h2-8H,9H2,1H3,(H,17,19). The minimum absolute atomic E-state index is 0.0375. The number of hydrogen-bond acceptors (Lipinski definition) is 4. The maximum Gasteiger partial charge on any atom is 0.274 e. The third kappa shape index (κ3) is 3.82. The lowest BCUT2D eigenvalue weighted by atomic mass is 10.1. The van der Waals surface area contributed by atoms with Crippen LogP contribution in [0.25, 0.3) is 0 Å². The van der Waals surface area contributed by atoms with E-state index in [9.17, 15) is 14.9 Å². The molecule has 0 aliphatic heterocycles. The van der Waals surface area contributed by atoms with Crippen LogP contribution in [-0.4, -0.2) is 17.4 Å². The van der Waals surface area contributed by atoms with E-state index in [1.165, 1.54) is 12.1 Å². The molecule has 0 spiro atoms. The fourth-order valence-electron chi connectivity index (χ4n) is 1.85. The molecule has 114 valence electrons. The number of para-hydroxylation sites is 1. The molecule has 6 nitrogen and oxygen atoms in total. The topological polar surface area (TPSA) is 81.5 Å². The molecule has 1 amide bonds. The summed E-state index contributed by atoms with van der Waals surface area (Å²) >= 11 is 3.32. The fraction of sp³-hybridized carbons (Fsp3) is 0.133. The van der Waals surface area contributed by atoms with Crippen molar-refractivity contribution in [3.63, 3.8) is 0 Å². The second kappa shape index (κ2) is 7.04. The largest absolute Gasteiger partial charge is 0.483 e. The van der Waals surface area contributed by atoms with E-state index < -0.39 is 4.92 Å². The van der Waals surface area contributed by atoms with Crippen molar-refractivity contribution in [1.29, 1.82) is 0 Å². The summed E-state index contributed by atoms with van der Waals surface area (Å²) < 4.78 is 6.14. The molecule has 22 heavy (non-hydrogen) atoms. The molecule has 0 bridgehead atoms. The van der Waals surface area contributed by atoms with E-state index in [-0.39, 0.29) is 18.2 Å². The molecule has 2 aromatic carbocycles. The molecule has 0 saturated carbocycles. The van der Waals surface area contributed by atoms with Gasteiger partial charge in [-0.05, 0) is 41.1 Å². The smallest absolute Gasteiger partial charge is 0.274 e. The molecule has 0 heterocycles. The van der Waals surface area contributed by atoms with Crippen LogP contribution in [0.2, 0.25) is 0 Å². The Balaban J connectivity index is 2.02. The average molecular weight is 365 g/mol. The van der Waals surface area contributed by atoms with E-state index >= 15 is 0 Å². The maximum absolute atomic E-state index is 11.9. The van der Waals surface area contributed by atoms with Gasteiger partial charge in [-0.15, -0.1) is 0 Å². The zero-order valence-corrected chi connectivity index (χ0v) is 13.3. The highest BCUT2D eigenvalue weighted by molar-refractivity contribution is 9.10. The number of anilines is 1. The van der Waals surface area contributed by atoms with Crippen LogP contribution in [0.5, 0.6) is 5.75 Å². The lowest BCUT2D eigenvalue weighted by Crippen LogP contribution is -2.20. The summed E-state index contributed by atoms with van der Waals surface area (Å²) in [6.07, 6.45) is 0. The van der Waals surface area contributed by atoms with Crippen molar-refractivity contribution < 1.29 is 14.5 Å². The first-order valence-corrected chi connectivity index (χ1v) is 7.19. The number of nitro groups is 1. The summed E-state index contributed by atoms with van der Waals surface area (Å²) in [5.41, 5.74) is 0.765. The number of carbonyl (C=O) groups excluding carboxylic acids is 1. The van der Waals surface area contributed by atoms with Gasteiger partial charge in [0.2, 0.25) is 0 Å². The van der Waals surface area contributed by atoms with Crippen LogP contribution in [-0.2, 0) is 4.79 Å². The van der Waals surface area contributed by atoms with Crippen LogP contribution in [0.4, 0.5) is 11.4 Å². The quantitative estimate of drug-likeness (QED) is 0.647. The molecule has 0 unspecified atom stereocenters. The normalized spacial score (nSPS) is 10.1. The average Bonchev–Trinajstić information content (AvgIpc) is 2.48. The molecule has 0 aliphatic carbocycles. The van der Waals surface area contributed by atoms with Crippen LogP contribution in [0.3, 0.4) is 0 Å². The second-order valence-electron chi connectivity index (χ2n) is 4.47. The zero-order chi connectivity index (χ0) is 16.1. The van der Waals surface area contributed by atoms with Crippen molar-refractivity contribution in [2.24, 2.45) is 0 Å². The van der Waals surface area contributed by atoms with Gasteiger partial charge in [0.15, 0.2) is 6.61 Å². The number of halogens is 1. The molecule has 7 heteroatoms. The number of rotatable bonds is 5. The number of nitrogens with one attached hydrogen (secondary N) is 1. The van der Waals surface area contributed by atoms with Gasteiger partial charge in [-0.25, -0.2) is 0 Å². The Hall–Kier alpha value is -2.41. The summed E-state index contributed by atoms with van der Waals surface area (Å²) in [6, 6.07) is 11.7. The van der Waals surface area contributed by atoms with Crippen LogP contribution >= 0.6 is 15.9 Å². The molecule has 0 radical (unpaired) electrons. The van der Waals surface area contributed by atoms with Crippen LogP contribution < -0.4 is 10.1 Å². The summed E-state index contributed by atoms with van der Waals surface area (Å²) in [6.45, 7) is 1.40. The molecule has 2 rings (SSSR count). The van der Waals surface area contributed by atoms with Gasteiger partial charge in [0.1, 0.15) is 5.75 Å². The first-order chi connectivity index (χ1) is 10.5. The Labute approximate surface area is 135 Å². The van der Waals surface area contributed by atoms with E-state index in [4.69, 9.17) is 4.74 Å². The lowest BCUT2D eigenvalue weighted by Gasteiger charge is -2.10. The predicted octanol–water partition coefficient (Wildman–Crippen LogP) is 3.68. The maximum atomic E-state index is 11.9. The Kier molecular flexibility index (Phi) is 5.11. The molecule has 2 aromatic rings. The number of nitro benzene ring substituents is 1. The van der Waals surface area contributed by atoms with E-state index in [2.05, 4.69) is 21.2 Å². The minimum Gasteiger partial charge on any atom is -0.483 e. The van der Waals surface area contributed by atoms with Crippen LogP contribution in [0.15, 0.2) is 46.9 Å². The molecular formula is C15H13BrN2O4.